The molecule has 1 amide bonds. The Labute approximate surface area is 257 Å². The standard InChI is InChI=1S/C20H29NO4.C15H21NO2/c1-13-15(14-11-9-8-10-12-14)20(13,16(22)24-18(2,3)4)21-17(23)25-19(5,6)7;1-10-12(11-8-6-5-7-9-11)15(10,16)13(17)18-14(2,3)4/h8-13,15H,1-7H3,(H,21,23);5-10,12H,16H2,1-4H3/t13?,15-,20+;10?,12-,15+/m11/s1. The monoisotopic (exact) mass is 594 g/mol. The van der Waals surface area contributed by atoms with Crippen molar-refractivity contribution in [3.8, 4) is 0 Å². The number of benzene rings is 2. The number of carbonyl (C=O) groups excluding carboxylic acids is 3. The summed E-state index contributed by atoms with van der Waals surface area (Å²) in [6.07, 6.45) is -0.608. The zero-order valence-electron chi connectivity index (χ0n) is 27.6. The van der Waals surface area contributed by atoms with E-state index in [4.69, 9.17) is 19.9 Å². The minimum Gasteiger partial charge on any atom is -0.459 e. The highest BCUT2D eigenvalue weighted by Gasteiger charge is 2.70. The van der Waals surface area contributed by atoms with Crippen molar-refractivity contribution in [1.82, 2.24) is 5.32 Å². The summed E-state index contributed by atoms with van der Waals surface area (Å²) in [5, 5.41) is 2.81. The molecule has 0 aromatic heterocycles. The van der Waals surface area contributed by atoms with Crippen LogP contribution in [0.5, 0.6) is 0 Å². The van der Waals surface area contributed by atoms with Crippen LogP contribution in [0.1, 0.15) is 99.1 Å². The first-order valence-corrected chi connectivity index (χ1v) is 15.0. The van der Waals surface area contributed by atoms with Gasteiger partial charge < -0.3 is 25.3 Å². The van der Waals surface area contributed by atoms with E-state index in [-0.39, 0.29) is 29.6 Å². The molecule has 0 saturated heterocycles. The second-order valence-corrected chi connectivity index (χ2v) is 14.8. The molecular formula is C35H50N2O6. The molecule has 6 atom stereocenters. The van der Waals surface area contributed by atoms with E-state index < -0.39 is 39.9 Å². The Hall–Kier alpha value is -3.39. The number of rotatable bonds is 5. The van der Waals surface area contributed by atoms with Gasteiger partial charge in [-0.05, 0) is 79.4 Å². The number of ether oxygens (including phenoxy) is 3. The van der Waals surface area contributed by atoms with Crippen molar-refractivity contribution in [2.24, 2.45) is 17.6 Å². The number of hydrogen-bond acceptors (Lipinski definition) is 7. The smallest absolute Gasteiger partial charge is 0.408 e. The first-order valence-electron chi connectivity index (χ1n) is 15.0. The lowest BCUT2D eigenvalue weighted by Gasteiger charge is -2.27. The predicted molar refractivity (Wildman–Crippen MR) is 167 cm³/mol. The zero-order chi connectivity index (χ0) is 32.6. The molecule has 2 aromatic rings. The molecule has 236 valence electrons. The van der Waals surface area contributed by atoms with Crippen LogP contribution in [0.3, 0.4) is 0 Å². The van der Waals surface area contributed by atoms with Gasteiger partial charge >= 0.3 is 18.0 Å². The Morgan fingerprint density at radius 2 is 1.02 bits per heavy atom. The van der Waals surface area contributed by atoms with Gasteiger partial charge in [-0.3, -0.25) is 4.79 Å². The molecule has 0 radical (unpaired) electrons. The SMILES string of the molecule is CC1[C@H](c2ccccc2)[C@]1(N)C(=O)OC(C)(C)C.CC1[C@H](c2ccccc2)[C@]1(NC(=O)OC(C)(C)C)C(=O)OC(C)(C)C. The summed E-state index contributed by atoms with van der Waals surface area (Å²) >= 11 is 0. The average Bonchev–Trinajstić information content (AvgIpc) is 3.66. The van der Waals surface area contributed by atoms with Gasteiger partial charge in [-0.2, -0.15) is 0 Å². The molecule has 43 heavy (non-hydrogen) atoms. The summed E-state index contributed by atoms with van der Waals surface area (Å²) < 4.78 is 16.4. The Kier molecular flexibility index (Phi) is 9.48. The first-order chi connectivity index (χ1) is 19.6. The van der Waals surface area contributed by atoms with Crippen molar-refractivity contribution in [2.45, 2.75) is 116 Å². The normalized spacial score (nSPS) is 28.0. The fourth-order valence-electron chi connectivity index (χ4n) is 5.65. The van der Waals surface area contributed by atoms with Crippen molar-refractivity contribution in [3.05, 3.63) is 71.8 Å². The van der Waals surface area contributed by atoms with E-state index in [9.17, 15) is 14.4 Å². The van der Waals surface area contributed by atoms with Crippen LogP contribution in [0.15, 0.2) is 60.7 Å². The lowest BCUT2D eigenvalue weighted by Crippen LogP contribution is -2.50. The molecule has 2 aromatic carbocycles. The fourth-order valence-corrected chi connectivity index (χ4v) is 5.65. The Morgan fingerprint density at radius 3 is 1.44 bits per heavy atom. The lowest BCUT2D eigenvalue weighted by molar-refractivity contribution is -0.160. The largest absolute Gasteiger partial charge is 0.459 e. The van der Waals surface area contributed by atoms with Crippen LogP contribution >= 0.6 is 0 Å². The molecule has 2 aliphatic carbocycles. The maximum atomic E-state index is 12.9. The van der Waals surface area contributed by atoms with Crippen LogP contribution in [-0.4, -0.2) is 45.9 Å². The van der Waals surface area contributed by atoms with Gasteiger partial charge in [0.25, 0.3) is 0 Å². The van der Waals surface area contributed by atoms with Crippen LogP contribution in [0.25, 0.3) is 0 Å². The molecule has 0 aliphatic heterocycles. The summed E-state index contributed by atoms with van der Waals surface area (Å²) in [7, 11) is 0. The lowest BCUT2D eigenvalue weighted by atomic mass is 10.1. The summed E-state index contributed by atoms with van der Waals surface area (Å²) in [5.41, 5.74) is 4.61. The van der Waals surface area contributed by atoms with Crippen molar-refractivity contribution in [1.29, 1.82) is 0 Å². The van der Waals surface area contributed by atoms with Crippen molar-refractivity contribution in [2.75, 3.05) is 0 Å². The number of nitrogens with two attached hydrogens (primary N) is 1. The van der Waals surface area contributed by atoms with Gasteiger partial charge in [-0.25, -0.2) is 9.59 Å². The van der Waals surface area contributed by atoms with E-state index in [1.54, 1.807) is 20.8 Å². The van der Waals surface area contributed by atoms with Crippen molar-refractivity contribution < 1.29 is 28.6 Å². The van der Waals surface area contributed by atoms with Gasteiger partial charge in [0.05, 0.1) is 0 Å². The van der Waals surface area contributed by atoms with Crippen LogP contribution in [0.4, 0.5) is 4.79 Å². The molecule has 8 heteroatoms. The maximum Gasteiger partial charge on any atom is 0.408 e. The van der Waals surface area contributed by atoms with Crippen LogP contribution in [0, 0.1) is 11.8 Å². The van der Waals surface area contributed by atoms with E-state index in [0.29, 0.717) is 0 Å². The highest BCUT2D eigenvalue weighted by molar-refractivity contribution is 5.92. The highest BCUT2D eigenvalue weighted by atomic mass is 16.6. The number of alkyl carbamates (subject to hydrolysis) is 1. The number of amides is 1. The predicted octanol–water partition coefficient (Wildman–Crippen LogP) is 6.48. The molecule has 0 bridgehead atoms. The summed E-state index contributed by atoms with van der Waals surface area (Å²) in [6.45, 7) is 20.3. The Bertz CT molecular complexity index is 1290. The van der Waals surface area contributed by atoms with Gasteiger partial charge in [-0.1, -0.05) is 74.5 Å². The van der Waals surface area contributed by atoms with Crippen molar-refractivity contribution in [3.63, 3.8) is 0 Å². The topological polar surface area (TPSA) is 117 Å². The summed E-state index contributed by atoms with van der Waals surface area (Å²) in [6, 6.07) is 19.6. The van der Waals surface area contributed by atoms with Gasteiger partial charge in [0.15, 0.2) is 5.54 Å². The third-order valence-corrected chi connectivity index (χ3v) is 7.77. The van der Waals surface area contributed by atoms with Crippen LogP contribution in [0.2, 0.25) is 0 Å². The summed E-state index contributed by atoms with van der Waals surface area (Å²) in [5.74, 6) is -0.764. The molecule has 0 spiro atoms. The third kappa shape index (κ3) is 7.96. The second kappa shape index (κ2) is 11.9. The molecule has 4 rings (SSSR count). The summed E-state index contributed by atoms with van der Waals surface area (Å²) in [4.78, 5) is 37.5. The van der Waals surface area contributed by atoms with Crippen LogP contribution < -0.4 is 11.1 Å². The molecule has 0 heterocycles. The molecule has 8 nitrogen and oxygen atoms in total. The highest BCUT2D eigenvalue weighted by Crippen LogP contribution is 2.58. The molecule has 2 saturated carbocycles. The zero-order valence-corrected chi connectivity index (χ0v) is 27.6. The second-order valence-electron chi connectivity index (χ2n) is 14.8. The molecule has 2 unspecified atom stereocenters. The molecule has 2 fully saturated rings. The quantitative estimate of drug-likeness (QED) is 0.300. The third-order valence-electron chi connectivity index (χ3n) is 7.77. The maximum absolute atomic E-state index is 12.9. The van der Waals surface area contributed by atoms with Gasteiger partial charge in [0, 0.05) is 17.8 Å². The Morgan fingerprint density at radius 1 is 0.628 bits per heavy atom. The van der Waals surface area contributed by atoms with Gasteiger partial charge in [0.1, 0.15) is 22.3 Å². The number of carbonyl (C=O) groups is 3. The van der Waals surface area contributed by atoms with E-state index in [1.807, 2.05) is 116 Å². The van der Waals surface area contributed by atoms with Gasteiger partial charge in [-0.15, -0.1) is 0 Å². The van der Waals surface area contributed by atoms with E-state index in [2.05, 4.69) is 5.32 Å². The van der Waals surface area contributed by atoms with Crippen LogP contribution in [-0.2, 0) is 23.8 Å². The minimum absolute atomic E-state index is 0.0635. The fraction of sp³-hybridized carbons (Fsp3) is 0.571. The number of hydrogen-bond donors (Lipinski definition) is 2. The molecular weight excluding hydrogens is 544 g/mol. The van der Waals surface area contributed by atoms with Crippen molar-refractivity contribution >= 4 is 18.0 Å². The van der Waals surface area contributed by atoms with E-state index in [0.717, 1.165) is 11.1 Å². The molecule has 2 aliphatic rings. The molecule has 3 N–H and O–H groups in total. The average molecular weight is 595 g/mol. The first kappa shape index (κ1) is 34.1. The Balaban J connectivity index is 0.000000248. The van der Waals surface area contributed by atoms with E-state index in [1.165, 1.54) is 0 Å². The van der Waals surface area contributed by atoms with Gasteiger partial charge in [0.2, 0.25) is 0 Å². The minimum atomic E-state index is -1.10. The number of esters is 2. The van der Waals surface area contributed by atoms with E-state index >= 15 is 0 Å². The number of nitrogens with one attached hydrogen (secondary N) is 1.